The Bertz CT molecular complexity index is 2150. The molecule has 0 aliphatic heterocycles. The second-order valence-electron chi connectivity index (χ2n) is 9.66. The lowest BCUT2D eigenvalue weighted by molar-refractivity contribution is 0.100. The molecular formula is C34H20N2O4. The SMILES string of the molecule is O=C(c1ccccc1C(=O)c1cccc2[nH]c3ccccc3c(=O)c12)c1cccc2[nH]c3ccccc3c(=O)c12. The van der Waals surface area contributed by atoms with Crippen LogP contribution in [0.4, 0.5) is 0 Å². The molecule has 6 nitrogen and oxygen atoms in total. The Morgan fingerprint density at radius 1 is 0.400 bits per heavy atom. The summed E-state index contributed by atoms with van der Waals surface area (Å²) >= 11 is 0. The van der Waals surface area contributed by atoms with Crippen molar-refractivity contribution in [1.29, 1.82) is 0 Å². The molecule has 0 saturated heterocycles. The first-order chi connectivity index (χ1) is 19.5. The number of pyridine rings is 2. The van der Waals surface area contributed by atoms with Gasteiger partial charge in [-0.25, -0.2) is 0 Å². The normalized spacial score (nSPS) is 11.4. The van der Waals surface area contributed by atoms with Gasteiger partial charge in [0.15, 0.2) is 22.4 Å². The Kier molecular flexibility index (Phi) is 5.28. The summed E-state index contributed by atoms with van der Waals surface area (Å²) in [5.74, 6) is -0.898. The zero-order valence-electron chi connectivity index (χ0n) is 21.0. The fraction of sp³-hybridized carbons (Fsp3) is 0. The van der Waals surface area contributed by atoms with Crippen LogP contribution in [0.5, 0.6) is 0 Å². The van der Waals surface area contributed by atoms with Crippen molar-refractivity contribution in [3.05, 3.63) is 152 Å². The molecule has 0 radical (unpaired) electrons. The topological polar surface area (TPSA) is 99.9 Å². The van der Waals surface area contributed by atoms with Gasteiger partial charge in [0.2, 0.25) is 0 Å². The molecule has 190 valence electrons. The van der Waals surface area contributed by atoms with Gasteiger partial charge >= 0.3 is 0 Å². The van der Waals surface area contributed by atoms with E-state index in [4.69, 9.17) is 0 Å². The van der Waals surface area contributed by atoms with Gasteiger partial charge in [-0.2, -0.15) is 0 Å². The van der Waals surface area contributed by atoms with Crippen molar-refractivity contribution in [1.82, 2.24) is 9.97 Å². The van der Waals surface area contributed by atoms with Crippen LogP contribution in [0.15, 0.2) is 119 Å². The van der Waals surface area contributed by atoms with Crippen LogP contribution in [0.1, 0.15) is 31.8 Å². The van der Waals surface area contributed by atoms with Crippen LogP contribution >= 0.6 is 0 Å². The molecule has 40 heavy (non-hydrogen) atoms. The van der Waals surface area contributed by atoms with E-state index in [0.717, 1.165) is 0 Å². The summed E-state index contributed by atoms with van der Waals surface area (Å²) in [4.78, 5) is 61.6. The van der Waals surface area contributed by atoms with E-state index in [2.05, 4.69) is 9.97 Å². The lowest BCUT2D eigenvalue weighted by Gasteiger charge is -2.12. The lowest BCUT2D eigenvalue weighted by atomic mass is 9.90. The fourth-order valence-electron chi connectivity index (χ4n) is 5.49. The van der Waals surface area contributed by atoms with Crippen molar-refractivity contribution in [2.24, 2.45) is 0 Å². The third kappa shape index (κ3) is 3.50. The van der Waals surface area contributed by atoms with E-state index in [1.165, 1.54) is 0 Å². The van der Waals surface area contributed by atoms with E-state index in [1.54, 1.807) is 84.9 Å². The molecule has 6 heteroatoms. The fourth-order valence-corrected chi connectivity index (χ4v) is 5.49. The predicted octanol–water partition coefficient (Wildman–Crippen LogP) is 6.14. The monoisotopic (exact) mass is 520 g/mol. The molecular weight excluding hydrogens is 500 g/mol. The second kappa shape index (κ2) is 8.99. The molecule has 0 bridgehead atoms. The highest BCUT2D eigenvalue weighted by atomic mass is 16.1. The highest BCUT2D eigenvalue weighted by Gasteiger charge is 2.24. The number of H-pyrrole nitrogens is 2. The quantitative estimate of drug-likeness (QED) is 0.215. The molecule has 0 aliphatic carbocycles. The molecule has 5 aromatic carbocycles. The smallest absolute Gasteiger partial charge is 0.197 e. The maximum Gasteiger partial charge on any atom is 0.197 e. The molecule has 0 spiro atoms. The number of carbonyl (C=O) groups is 2. The van der Waals surface area contributed by atoms with E-state index in [0.29, 0.717) is 32.8 Å². The van der Waals surface area contributed by atoms with Gasteiger partial charge in [0.25, 0.3) is 0 Å². The number of benzene rings is 5. The number of fused-ring (bicyclic) bond motifs is 4. The molecule has 2 aromatic heterocycles. The Hall–Kier alpha value is -5.62. The predicted molar refractivity (Wildman–Crippen MR) is 157 cm³/mol. The standard InChI is InChI=1S/C34H20N2O4/c37-31(23-13-7-17-27-29(23)33(39)21-11-3-5-15-25(21)35-27)19-9-1-2-10-20(19)32(38)24-14-8-18-28-30(24)34(40)22-12-4-6-16-26(22)36-28/h1-18H,(H,35,39)(H,36,40). The highest BCUT2D eigenvalue weighted by molar-refractivity contribution is 6.25. The summed E-state index contributed by atoms with van der Waals surface area (Å²) in [6.45, 7) is 0. The minimum atomic E-state index is -0.449. The summed E-state index contributed by atoms with van der Waals surface area (Å²) in [5.41, 5.74) is 2.61. The summed E-state index contributed by atoms with van der Waals surface area (Å²) in [7, 11) is 0. The third-order valence-electron chi connectivity index (χ3n) is 7.37. The van der Waals surface area contributed by atoms with Gasteiger partial charge < -0.3 is 9.97 Å². The molecule has 0 unspecified atom stereocenters. The highest BCUT2D eigenvalue weighted by Crippen LogP contribution is 2.26. The van der Waals surface area contributed by atoms with Crippen LogP contribution in [0, 0.1) is 0 Å². The van der Waals surface area contributed by atoms with Gasteiger partial charge in [0.05, 0.1) is 21.8 Å². The molecule has 0 fully saturated rings. The van der Waals surface area contributed by atoms with Gasteiger partial charge in [0, 0.05) is 44.1 Å². The maximum atomic E-state index is 14.0. The molecule has 0 aliphatic rings. The van der Waals surface area contributed by atoms with Crippen LogP contribution in [0.2, 0.25) is 0 Å². The number of hydrogen-bond acceptors (Lipinski definition) is 4. The van der Waals surface area contributed by atoms with Crippen LogP contribution in [0.3, 0.4) is 0 Å². The van der Waals surface area contributed by atoms with Crippen molar-refractivity contribution < 1.29 is 9.59 Å². The number of para-hydroxylation sites is 2. The van der Waals surface area contributed by atoms with Crippen LogP contribution < -0.4 is 10.9 Å². The minimum Gasteiger partial charge on any atom is -0.354 e. The Morgan fingerprint density at radius 2 is 0.750 bits per heavy atom. The molecule has 7 rings (SSSR count). The van der Waals surface area contributed by atoms with Crippen molar-refractivity contribution in [2.75, 3.05) is 0 Å². The first-order valence-corrected chi connectivity index (χ1v) is 12.8. The van der Waals surface area contributed by atoms with E-state index >= 15 is 0 Å². The number of aromatic nitrogens is 2. The van der Waals surface area contributed by atoms with Crippen molar-refractivity contribution in [3.8, 4) is 0 Å². The van der Waals surface area contributed by atoms with Gasteiger partial charge in [0.1, 0.15) is 0 Å². The van der Waals surface area contributed by atoms with Gasteiger partial charge in [-0.05, 0) is 36.4 Å². The Labute approximate surface area is 226 Å². The Balaban J connectivity index is 1.42. The molecule has 0 saturated carbocycles. The number of rotatable bonds is 4. The summed E-state index contributed by atoms with van der Waals surface area (Å²) in [5, 5.41) is 1.48. The van der Waals surface area contributed by atoms with Gasteiger partial charge in [-0.1, -0.05) is 72.8 Å². The van der Waals surface area contributed by atoms with E-state index in [-0.39, 0.29) is 43.9 Å². The Morgan fingerprint density at radius 3 is 1.20 bits per heavy atom. The van der Waals surface area contributed by atoms with Crippen molar-refractivity contribution in [2.45, 2.75) is 0 Å². The van der Waals surface area contributed by atoms with E-state index in [9.17, 15) is 19.2 Å². The molecule has 0 amide bonds. The third-order valence-corrected chi connectivity index (χ3v) is 7.37. The summed E-state index contributed by atoms with van der Waals surface area (Å²) in [6.07, 6.45) is 0. The largest absolute Gasteiger partial charge is 0.354 e. The average molecular weight is 521 g/mol. The van der Waals surface area contributed by atoms with Crippen molar-refractivity contribution >= 4 is 55.2 Å². The summed E-state index contributed by atoms with van der Waals surface area (Å²) < 4.78 is 0. The van der Waals surface area contributed by atoms with E-state index < -0.39 is 11.6 Å². The van der Waals surface area contributed by atoms with Crippen LogP contribution in [-0.2, 0) is 0 Å². The summed E-state index contributed by atoms with van der Waals surface area (Å²) in [6, 6.07) is 30.9. The number of ketones is 2. The number of aromatic amines is 2. The van der Waals surface area contributed by atoms with Gasteiger partial charge in [-0.3, -0.25) is 19.2 Å². The van der Waals surface area contributed by atoms with E-state index in [1.807, 2.05) is 24.3 Å². The zero-order valence-corrected chi connectivity index (χ0v) is 21.0. The maximum absolute atomic E-state index is 14.0. The van der Waals surface area contributed by atoms with Gasteiger partial charge in [-0.15, -0.1) is 0 Å². The number of hydrogen-bond donors (Lipinski definition) is 2. The second-order valence-corrected chi connectivity index (χ2v) is 9.66. The van der Waals surface area contributed by atoms with Crippen LogP contribution in [0.25, 0.3) is 43.6 Å². The molecule has 0 atom stereocenters. The zero-order chi connectivity index (χ0) is 27.4. The van der Waals surface area contributed by atoms with Crippen LogP contribution in [-0.4, -0.2) is 21.5 Å². The number of carbonyl (C=O) groups excluding carboxylic acids is 2. The first-order valence-electron chi connectivity index (χ1n) is 12.8. The minimum absolute atomic E-state index is 0.154. The average Bonchev–Trinajstić information content (AvgIpc) is 3.00. The molecule has 2 N–H and O–H groups in total. The van der Waals surface area contributed by atoms with Crippen molar-refractivity contribution in [3.63, 3.8) is 0 Å². The first kappa shape index (κ1) is 23.5. The molecule has 7 aromatic rings. The number of nitrogens with one attached hydrogen (secondary N) is 2. The lowest BCUT2D eigenvalue weighted by Crippen LogP contribution is -2.16. The molecule has 2 heterocycles.